The molecule has 0 unspecified atom stereocenters. The second kappa shape index (κ2) is 15.2. The molecule has 0 saturated heterocycles. The van der Waals surface area contributed by atoms with Crippen LogP contribution in [0.15, 0.2) is 55.1 Å². The van der Waals surface area contributed by atoms with Crippen LogP contribution in [0.3, 0.4) is 0 Å². The molecule has 0 aliphatic heterocycles. The maximum Gasteiger partial charge on any atom is 0.386 e. The molecule has 0 radical (unpaired) electrons. The summed E-state index contributed by atoms with van der Waals surface area (Å²) in [5.74, 6) is 1.54. The fraction of sp³-hybridized carbons (Fsp3) is 0.611. The van der Waals surface area contributed by atoms with E-state index in [-0.39, 0.29) is 12.5 Å². The lowest BCUT2D eigenvalue weighted by Gasteiger charge is -2.29. The van der Waals surface area contributed by atoms with Crippen molar-refractivity contribution >= 4 is 0 Å². The number of hydrogen-bond donors (Lipinski definition) is 0. The molecule has 1 nitrogen and oxygen atoms in total. The molecule has 0 N–H and O–H groups in total. The molecule has 2 aromatic carbocycles. The fourth-order valence-electron chi connectivity index (χ4n) is 6.96. The van der Waals surface area contributed by atoms with Gasteiger partial charge in [0.1, 0.15) is 5.82 Å². The van der Waals surface area contributed by atoms with Crippen LogP contribution in [-0.2, 0) is 17.3 Å². The van der Waals surface area contributed by atoms with E-state index in [1.165, 1.54) is 69.1 Å². The van der Waals surface area contributed by atoms with Crippen LogP contribution in [0.1, 0.15) is 131 Å². The standard InChI is InChI=1S/C36H49F3O/c1-3-5-7-9-28-10-16-30(17-11-28)31-18-14-29(15-19-31)24-25-40-36(38,39)34-23-22-33(26-35(34)37)32-20-12-27(13-21-32)8-6-4-2/h4,14-15,18-19,22-23,26-28,30,32H,2-3,5-13,16-17,20-21,24-25H2,1H3/t27-,28-,30-,32-. The highest BCUT2D eigenvalue weighted by atomic mass is 19.3. The van der Waals surface area contributed by atoms with Crippen molar-refractivity contribution in [1.82, 2.24) is 0 Å². The van der Waals surface area contributed by atoms with E-state index in [0.717, 1.165) is 55.6 Å². The molecule has 2 fully saturated rings. The van der Waals surface area contributed by atoms with Crippen molar-refractivity contribution in [3.8, 4) is 0 Å². The monoisotopic (exact) mass is 554 g/mol. The van der Waals surface area contributed by atoms with Crippen molar-refractivity contribution in [2.75, 3.05) is 6.61 Å². The van der Waals surface area contributed by atoms with Gasteiger partial charge >= 0.3 is 6.11 Å². The third-order valence-corrected chi connectivity index (χ3v) is 9.59. The highest BCUT2D eigenvalue weighted by Crippen LogP contribution is 2.40. The summed E-state index contributed by atoms with van der Waals surface area (Å²) in [5.41, 5.74) is 2.47. The lowest BCUT2D eigenvalue weighted by molar-refractivity contribution is -0.249. The zero-order valence-corrected chi connectivity index (χ0v) is 24.5. The van der Waals surface area contributed by atoms with E-state index in [1.54, 1.807) is 6.07 Å². The number of ether oxygens (including phenoxy) is 1. The Labute approximate surface area is 240 Å². The molecule has 2 aliphatic carbocycles. The Kier molecular flexibility index (Phi) is 11.8. The molecule has 0 amide bonds. The summed E-state index contributed by atoms with van der Waals surface area (Å²) in [7, 11) is 0. The van der Waals surface area contributed by atoms with Gasteiger partial charge in [0.25, 0.3) is 0 Å². The van der Waals surface area contributed by atoms with Crippen LogP contribution in [-0.4, -0.2) is 6.61 Å². The van der Waals surface area contributed by atoms with E-state index in [1.807, 2.05) is 18.2 Å². The van der Waals surface area contributed by atoms with E-state index >= 15 is 0 Å². The topological polar surface area (TPSA) is 9.23 Å². The smallest absolute Gasteiger partial charge is 0.316 e. The molecule has 0 aromatic heterocycles. The fourth-order valence-corrected chi connectivity index (χ4v) is 6.96. The van der Waals surface area contributed by atoms with E-state index in [4.69, 9.17) is 4.74 Å². The Morgan fingerprint density at radius 2 is 1.43 bits per heavy atom. The molecule has 0 spiro atoms. The number of alkyl halides is 2. The molecule has 0 bridgehead atoms. The van der Waals surface area contributed by atoms with Crippen LogP contribution in [0.2, 0.25) is 0 Å². The van der Waals surface area contributed by atoms with Crippen LogP contribution in [0, 0.1) is 17.7 Å². The van der Waals surface area contributed by atoms with E-state index in [2.05, 4.69) is 25.6 Å². The average molecular weight is 555 g/mol. The Morgan fingerprint density at radius 3 is 2.02 bits per heavy atom. The summed E-state index contributed by atoms with van der Waals surface area (Å²) in [6.45, 7) is 5.89. The van der Waals surface area contributed by atoms with E-state index in [0.29, 0.717) is 18.3 Å². The Bertz CT molecular complexity index is 1030. The van der Waals surface area contributed by atoms with Crippen molar-refractivity contribution in [3.63, 3.8) is 0 Å². The maximum atomic E-state index is 14.8. The largest absolute Gasteiger partial charge is 0.386 e. The van der Waals surface area contributed by atoms with Gasteiger partial charge in [0.2, 0.25) is 0 Å². The molecule has 4 heteroatoms. The van der Waals surface area contributed by atoms with Crippen LogP contribution in [0.25, 0.3) is 0 Å². The quantitative estimate of drug-likeness (QED) is 0.167. The van der Waals surface area contributed by atoms with Gasteiger partial charge in [0, 0.05) is 0 Å². The van der Waals surface area contributed by atoms with Gasteiger partial charge in [-0.25, -0.2) is 4.39 Å². The first-order chi connectivity index (χ1) is 19.4. The first-order valence-corrected chi connectivity index (χ1v) is 15.9. The van der Waals surface area contributed by atoms with Crippen molar-refractivity contribution in [2.45, 2.75) is 121 Å². The molecule has 220 valence electrons. The molecular weight excluding hydrogens is 505 g/mol. The van der Waals surface area contributed by atoms with Crippen molar-refractivity contribution in [2.24, 2.45) is 11.8 Å². The van der Waals surface area contributed by atoms with Crippen LogP contribution < -0.4 is 0 Å². The summed E-state index contributed by atoms with van der Waals surface area (Å²) >= 11 is 0. The molecule has 2 aromatic rings. The zero-order chi connectivity index (χ0) is 28.4. The third-order valence-electron chi connectivity index (χ3n) is 9.59. The second-order valence-corrected chi connectivity index (χ2v) is 12.4. The van der Waals surface area contributed by atoms with Crippen LogP contribution in [0.4, 0.5) is 13.2 Å². The first kappa shape index (κ1) is 30.9. The summed E-state index contributed by atoms with van der Waals surface area (Å²) < 4.78 is 49.5. The average Bonchev–Trinajstić information content (AvgIpc) is 2.97. The maximum absolute atomic E-state index is 14.8. The summed E-state index contributed by atoms with van der Waals surface area (Å²) in [6, 6.07) is 12.6. The molecular formula is C36H49F3O. The zero-order valence-electron chi connectivity index (χ0n) is 24.5. The lowest BCUT2D eigenvalue weighted by Crippen LogP contribution is -2.22. The minimum Gasteiger partial charge on any atom is -0.316 e. The number of halogens is 3. The van der Waals surface area contributed by atoms with Crippen molar-refractivity contribution < 1.29 is 17.9 Å². The Balaban J connectivity index is 1.22. The van der Waals surface area contributed by atoms with Gasteiger partial charge in [0.15, 0.2) is 0 Å². The normalized spacial score (nSPS) is 23.7. The van der Waals surface area contributed by atoms with E-state index < -0.39 is 17.5 Å². The van der Waals surface area contributed by atoms with Crippen LogP contribution >= 0.6 is 0 Å². The summed E-state index contributed by atoms with van der Waals surface area (Å²) in [5, 5.41) is 0. The lowest BCUT2D eigenvalue weighted by atomic mass is 9.77. The Hall–Kier alpha value is -2.07. The molecule has 40 heavy (non-hydrogen) atoms. The Morgan fingerprint density at radius 1 is 0.825 bits per heavy atom. The number of hydrogen-bond acceptors (Lipinski definition) is 1. The second-order valence-electron chi connectivity index (χ2n) is 12.4. The van der Waals surface area contributed by atoms with E-state index in [9.17, 15) is 13.2 Å². The summed E-state index contributed by atoms with van der Waals surface area (Å²) in [6.07, 6.45) is 15.5. The van der Waals surface area contributed by atoms with Gasteiger partial charge in [-0.2, -0.15) is 8.78 Å². The van der Waals surface area contributed by atoms with Crippen molar-refractivity contribution in [1.29, 1.82) is 0 Å². The van der Waals surface area contributed by atoms with Gasteiger partial charge in [-0.15, -0.1) is 6.58 Å². The third kappa shape index (κ3) is 8.71. The first-order valence-electron chi connectivity index (χ1n) is 15.9. The van der Waals surface area contributed by atoms with Gasteiger partial charge in [-0.1, -0.05) is 69.0 Å². The molecule has 2 saturated carbocycles. The molecule has 0 heterocycles. The van der Waals surface area contributed by atoms with Gasteiger partial charge in [-0.05, 0) is 123 Å². The predicted molar refractivity (Wildman–Crippen MR) is 159 cm³/mol. The SMILES string of the molecule is C=CCC[C@H]1CC[C@H](c2ccc(C(F)(F)OCCc3ccc([C@H]4CC[C@H](CCCCC)CC4)cc3)c(F)c2)CC1. The van der Waals surface area contributed by atoms with Gasteiger partial charge in [-0.3, -0.25) is 0 Å². The number of allylic oxidation sites excluding steroid dienone is 1. The molecule has 2 aliphatic rings. The molecule has 4 rings (SSSR count). The number of benzene rings is 2. The van der Waals surface area contributed by atoms with Gasteiger partial charge < -0.3 is 4.74 Å². The van der Waals surface area contributed by atoms with Crippen molar-refractivity contribution in [3.05, 3.63) is 83.2 Å². The van der Waals surface area contributed by atoms with Gasteiger partial charge in [0.05, 0.1) is 12.2 Å². The minimum atomic E-state index is -3.65. The predicted octanol–water partition coefficient (Wildman–Crippen LogP) is 11.2. The number of rotatable bonds is 14. The highest BCUT2D eigenvalue weighted by molar-refractivity contribution is 5.29. The molecule has 0 atom stereocenters. The highest BCUT2D eigenvalue weighted by Gasteiger charge is 2.36. The number of unbranched alkanes of at least 4 members (excludes halogenated alkanes) is 2. The minimum absolute atomic E-state index is 0.162. The summed E-state index contributed by atoms with van der Waals surface area (Å²) in [4.78, 5) is 0. The van der Waals surface area contributed by atoms with Crippen LogP contribution in [0.5, 0.6) is 0 Å².